The van der Waals surface area contributed by atoms with E-state index in [0.29, 0.717) is 6.04 Å². The highest BCUT2D eigenvalue weighted by Gasteiger charge is 2.19. The highest BCUT2D eigenvalue weighted by molar-refractivity contribution is 4.79. The Morgan fingerprint density at radius 1 is 1.71 bits per heavy atom. The van der Waals surface area contributed by atoms with Gasteiger partial charge >= 0.3 is 0 Å². The van der Waals surface area contributed by atoms with Crippen molar-refractivity contribution in [3.8, 4) is 0 Å². The van der Waals surface area contributed by atoms with Crippen molar-refractivity contribution in [2.45, 2.75) is 18.9 Å². The van der Waals surface area contributed by atoms with Crippen LogP contribution in [0.25, 0.3) is 0 Å². The summed E-state index contributed by atoms with van der Waals surface area (Å²) >= 11 is 0. The molecule has 0 saturated heterocycles. The zero-order valence-electron chi connectivity index (χ0n) is 4.05. The molecule has 1 aliphatic rings. The Bertz CT molecular complexity index is 70.1. The maximum absolute atomic E-state index is 9.42. The normalized spacial score (nSPS) is 19.4. The average molecular weight is 100 g/mol. The van der Waals surface area contributed by atoms with Crippen molar-refractivity contribution in [1.82, 2.24) is 5.32 Å². The van der Waals surface area contributed by atoms with E-state index >= 15 is 0 Å². The lowest BCUT2D eigenvalue weighted by Gasteiger charge is -1.88. The van der Waals surface area contributed by atoms with E-state index in [1.807, 2.05) is 0 Å². The van der Waals surface area contributed by atoms with Gasteiger partial charge in [0.05, 0.1) is 0 Å². The van der Waals surface area contributed by atoms with E-state index in [4.69, 9.17) is 0 Å². The molecule has 1 aliphatic carbocycles. The topological polar surface area (TPSA) is 41.5 Å². The molecule has 3 nitrogen and oxygen atoms in total. The second kappa shape index (κ2) is 2.02. The summed E-state index contributed by atoms with van der Waals surface area (Å²) in [6.45, 7) is 0.282. The van der Waals surface area contributed by atoms with Crippen LogP contribution in [0.15, 0.2) is 5.18 Å². The zero-order valence-corrected chi connectivity index (χ0v) is 4.05. The molecular weight excluding hydrogens is 92.1 g/mol. The van der Waals surface area contributed by atoms with Crippen LogP contribution in [-0.2, 0) is 0 Å². The Balaban J connectivity index is 1.88. The van der Waals surface area contributed by atoms with Gasteiger partial charge < -0.3 is 0 Å². The molecule has 0 amide bonds. The second-order valence-corrected chi connectivity index (χ2v) is 1.77. The van der Waals surface area contributed by atoms with E-state index in [9.17, 15) is 4.91 Å². The predicted molar refractivity (Wildman–Crippen MR) is 26.8 cm³/mol. The minimum atomic E-state index is 0.282. The first-order chi connectivity index (χ1) is 3.43. The fourth-order valence-corrected chi connectivity index (χ4v) is 0.454. The van der Waals surface area contributed by atoms with Gasteiger partial charge in [0.2, 0.25) is 0 Å². The lowest BCUT2D eigenvalue weighted by atomic mass is 10.7. The van der Waals surface area contributed by atoms with Crippen LogP contribution >= 0.6 is 0 Å². The molecule has 0 unspecified atom stereocenters. The smallest absolute Gasteiger partial charge is 0.131 e. The molecule has 1 fully saturated rings. The van der Waals surface area contributed by atoms with Gasteiger partial charge in [0, 0.05) is 6.04 Å². The van der Waals surface area contributed by atoms with Crippen LogP contribution in [0, 0.1) is 4.91 Å². The Morgan fingerprint density at radius 3 is 2.86 bits per heavy atom. The first-order valence-corrected chi connectivity index (χ1v) is 2.46. The largest absolute Gasteiger partial charge is 0.293 e. The van der Waals surface area contributed by atoms with E-state index in [1.165, 1.54) is 12.8 Å². The molecule has 1 saturated carbocycles. The summed E-state index contributed by atoms with van der Waals surface area (Å²) in [5.74, 6) is 0. The number of nitroso groups, excluding NO2 is 1. The van der Waals surface area contributed by atoms with Crippen LogP contribution in [-0.4, -0.2) is 12.7 Å². The maximum atomic E-state index is 9.42. The first-order valence-electron chi connectivity index (χ1n) is 2.46. The molecule has 0 heterocycles. The van der Waals surface area contributed by atoms with Crippen molar-refractivity contribution in [2.75, 3.05) is 6.67 Å². The first kappa shape index (κ1) is 4.71. The van der Waals surface area contributed by atoms with Gasteiger partial charge in [0.15, 0.2) is 0 Å². The fourth-order valence-electron chi connectivity index (χ4n) is 0.454. The number of hydrogen-bond donors (Lipinski definition) is 1. The van der Waals surface area contributed by atoms with Crippen LogP contribution in [0.5, 0.6) is 0 Å². The van der Waals surface area contributed by atoms with E-state index in [-0.39, 0.29) is 6.67 Å². The molecule has 0 aromatic heterocycles. The monoisotopic (exact) mass is 100 g/mol. The lowest BCUT2D eigenvalue weighted by molar-refractivity contribution is 0.702. The van der Waals surface area contributed by atoms with Crippen molar-refractivity contribution in [3.63, 3.8) is 0 Å². The minimum Gasteiger partial charge on any atom is -0.293 e. The van der Waals surface area contributed by atoms with Gasteiger partial charge in [-0.1, -0.05) is 5.18 Å². The van der Waals surface area contributed by atoms with Crippen LogP contribution in [0.3, 0.4) is 0 Å². The molecule has 0 aliphatic heterocycles. The quantitative estimate of drug-likeness (QED) is 0.523. The predicted octanol–water partition coefficient (Wildman–Crippen LogP) is 0.462. The summed E-state index contributed by atoms with van der Waals surface area (Å²) in [6, 6.07) is 0.609. The van der Waals surface area contributed by atoms with E-state index in [0.717, 1.165) is 0 Å². The molecule has 0 radical (unpaired) electrons. The number of nitrogens with one attached hydrogen (secondary N) is 1. The van der Waals surface area contributed by atoms with Gasteiger partial charge in [-0.2, -0.15) is 0 Å². The fraction of sp³-hybridized carbons (Fsp3) is 1.00. The molecule has 1 rings (SSSR count). The van der Waals surface area contributed by atoms with Crippen LogP contribution in [0.1, 0.15) is 12.8 Å². The van der Waals surface area contributed by atoms with E-state index in [1.54, 1.807) is 0 Å². The maximum Gasteiger partial charge on any atom is 0.131 e. The summed E-state index contributed by atoms with van der Waals surface area (Å²) in [5.41, 5.74) is 0. The molecule has 1 N–H and O–H groups in total. The molecule has 40 valence electrons. The third-order valence-electron chi connectivity index (χ3n) is 1.02. The highest BCUT2D eigenvalue weighted by Crippen LogP contribution is 2.17. The van der Waals surface area contributed by atoms with Gasteiger partial charge in [-0.25, -0.2) is 0 Å². The summed E-state index contributed by atoms with van der Waals surface area (Å²) < 4.78 is 0. The lowest BCUT2D eigenvalue weighted by Crippen LogP contribution is -2.14. The SMILES string of the molecule is O=NCNC1CC1. The van der Waals surface area contributed by atoms with Gasteiger partial charge in [-0.05, 0) is 12.8 Å². The molecule has 0 aromatic carbocycles. The molecule has 0 spiro atoms. The van der Waals surface area contributed by atoms with E-state index < -0.39 is 0 Å². The van der Waals surface area contributed by atoms with Crippen LogP contribution in [0.4, 0.5) is 0 Å². The van der Waals surface area contributed by atoms with E-state index in [2.05, 4.69) is 10.5 Å². The number of hydrogen-bond acceptors (Lipinski definition) is 3. The minimum absolute atomic E-state index is 0.282. The average Bonchev–Trinajstić information content (AvgIpc) is 2.42. The third kappa shape index (κ3) is 1.64. The van der Waals surface area contributed by atoms with Crippen molar-refractivity contribution in [3.05, 3.63) is 4.91 Å². The summed E-state index contributed by atoms with van der Waals surface area (Å²) in [7, 11) is 0. The van der Waals surface area contributed by atoms with Gasteiger partial charge in [-0.3, -0.25) is 5.32 Å². The van der Waals surface area contributed by atoms with Crippen LogP contribution < -0.4 is 5.32 Å². The Morgan fingerprint density at radius 2 is 2.43 bits per heavy atom. The molecule has 7 heavy (non-hydrogen) atoms. The molecule has 0 aromatic rings. The molecular formula is C4H8N2O. The van der Waals surface area contributed by atoms with Gasteiger partial charge in [-0.15, -0.1) is 4.91 Å². The summed E-state index contributed by atoms with van der Waals surface area (Å²) in [6.07, 6.45) is 2.44. The van der Waals surface area contributed by atoms with Crippen molar-refractivity contribution in [2.24, 2.45) is 5.18 Å². The number of rotatable bonds is 3. The third-order valence-corrected chi connectivity index (χ3v) is 1.02. The molecule has 0 atom stereocenters. The van der Waals surface area contributed by atoms with Crippen LogP contribution in [0.2, 0.25) is 0 Å². The van der Waals surface area contributed by atoms with Crippen molar-refractivity contribution < 1.29 is 0 Å². The Labute approximate surface area is 42.1 Å². The second-order valence-electron chi connectivity index (χ2n) is 1.77. The highest BCUT2D eigenvalue weighted by atomic mass is 16.3. The van der Waals surface area contributed by atoms with Gasteiger partial charge in [0.1, 0.15) is 6.67 Å². The van der Waals surface area contributed by atoms with Crippen molar-refractivity contribution in [1.29, 1.82) is 0 Å². The standard InChI is InChI=1S/C4H8N2O/c7-6-3-5-4-1-2-4/h4-5H,1-3H2. The summed E-state index contributed by atoms with van der Waals surface area (Å²) in [5, 5.41) is 5.58. The number of nitrogens with zero attached hydrogens (tertiary/aromatic N) is 1. The van der Waals surface area contributed by atoms with Crippen molar-refractivity contribution >= 4 is 0 Å². The summed E-state index contributed by atoms with van der Waals surface area (Å²) in [4.78, 5) is 9.42. The molecule has 3 heteroatoms. The Hall–Kier alpha value is -0.440. The zero-order chi connectivity index (χ0) is 5.11. The van der Waals surface area contributed by atoms with Gasteiger partial charge in [0.25, 0.3) is 0 Å². The molecule has 0 bridgehead atoms. The Kier molecular flexibility index (Phi) is 1.36.